The molecule has 4 rings (SSSR count). The average molecular weight is 404 g/mol. The minimum Gasteiger partial charge on any atom is -0.353 e. The number of carbonyl (C=O) groups is 2. The maximum absolute atomic E-state index is 12.9. The predicted molar refractivity (Wildman–Crippen MR) is 113 cm³/mol. The van der Waals surface area contributed by atoms with Crippen molar-refractivity contribution in [3.63, 3.8) is 0 Å². The third-order valence-electron chi connectivity index (χ3n) is 6.62. The zero-order valence-electron chi connectivity index (χ0n) is 17.0. The van der Waals surface area contributed by atoms with E-state index in [-0.39, 0.29) is 17.7 Å². The zero-order valence-corrected chi connectivity index (χ0v) is 17.9. The summed E-state index contributed by atoms with van der Waals surface area (Å²) in [6.07, 6.45) is 9.43. The number of rotatable bonds is 3. The molecule has 0 aromatic carbocycles. The molecule has 3 heterocycles. The van der Waals surface area contributed by atoms with Crippen molar-refractivity contribution < 1.29 is 9.59 Å². The Hall–Kier alpha value is -1.40. The van der Waals surface area contributed by atoms with Crippen LogP contribution in [0.4, 0.5) is 0 Å². The molecule has 6 heteroatoms. The van der Waals surface area contributed by atoms with E-state index in [4.69, 9.17) is 0 Å². The molecule has 0 saturated carbocycles. The van der Waals surface area contributed by atoms with Crippen molar-refractivity contribution in [2.45, 2.75) is 63.8 Å². The van der Waals surface area contributed by atoms with Gasteiger partial charge in [-0.15, -0.1) is 11.3 Å². The number of hydrogen-bond donors (Lipinski definition) is 1. The molecule has 1 aromatic heterocycles. The molecule has 0 radical (unpaired) electrons. The van der Waals surface area contributed by atoms with Crippen LogP contribution in [0, 0.1) is 5.92 Å². The Morgan fingerprint density at radius 3 is 2.46 bits per heavy atom. The first-order valence-electron chi connectivity index (χ1n) is 11.0. The standard InChI is InChI=1S/C22H33N3O2S/c1-24-12-8-18(9-13-24)23-21(26)16-6-7-19-17(14-16)15-20(28-19)22(27)25-10-4-2-3-5-11-25/h15-16,18H,2-14H2,1H3,(H,23,26). The summed E-state index contributed by atoms with van der Waals surface area (Å²) in [5.41, 5.74) is 1.23. The van der Waals surface area contributed by atoms with Crippen molar-refractivity contribution in [2.24, 2.45) is 5.92 Å². The number of amides is 2. The van der Waals surface area contributed by atoms with Crippen molar-refractivity contribution in [2.75, 3.05) is 33.2 Å². The molecule has 1 aliphatic carbocycles. The lowest BCUT2D eigenvalue weighted by atomic mass is 9.87. The summed E-state index contributed by atoms with van der Waals surface area (Å²) in [5, 5.41) is 3.29. The lowest BCUT2D eigenvalue weighted by molar-refractivity contribution is -0.126. The first-order valence-corrected chi connectivity index (χ1v) is 11.8. The summed E-state index contributed by atoms with van der Waals surface area (Å²) >= 11 is 1.67. The molecule has 2 fully saturated rings. The molecule has 2 aliphatic heterocycles. The van der Waals surface area contributed by atoms with Crippen molar-refractivity contribution in [3.8, 4) is 0 Å². The molecule has 1 unspecified atom stereocenters. The molecule has 1 N–H and O–H groups in total. The fourth-order valence-electron chi connectivity index (χ4n) is 4.75. The molecule has 154 valence electrons. The first-order chi connectivity index (χ1) is 13.6. The van der Waals surface area contributed by atoms with Crippen molar-refractivity contribution in [3.05, 3.63) is 21.4 Å². The number of likely N-dealkylation sites (tertiary alicyclic amines) is 2. The number of aryl methyl sites for hydroxylation is 1. The second-order valence-electron chi connectivity index (χ2n) is 8.79. The molecular weight excluding hydrogens is 370 g/mol. The second-order valence-corrected chi connectivity index (χ2v) is 9.93. The van der Waals surface area contributed by atoms with Crippen LogP contribution >= 0.6 is 11.3 Å². The Balaban J connectivity index is 1.36. The van der Waals surface area contributed by atoms with Crippen molar-refractivity contribution >= 4 is 23.2 Å². The predicted octanol–water partition coefficient (Wildman–Crippen LogP) is 3.08. The molecule has 0 bridgehead atoms. The fraction of sp³-hybridized carbons (Fsp3) is 0.727. The number of nitrogens with one attached hydrogen (secondary N) is 1. The quantitative estimate of drug-likeness (QED) is 0.844. The van der Waals surface area contributed by atoms with Gasteiger partial charge >= 0.3 is 0 Å². The summed E-state index contributed by atoms with van der Waals surface area (Å²) < 4.78 is 0. The highest BCUT2D eigenvalue weighted by molar-refractivity contribution is 7.14. The smallest absolute Gasteiger partial charge is 0.263 e. The summed E-state index contributed by atoms with van der Waals surface area (Å²) in [5.74, 6) is 0.475. The minimum atomic E-state index is 0.0582. The average Bonchev–Trinajstić information content (AvgIpc) is 2.94. The minimum absolute atomic E-state index is 0.0582. The van der Waals surface area contributed by atoms with E-state index in [1.165, 1.54) is 23.3 Å². The van der Waals surface area contributed by atoms with E-state index >= 15 is 0 Å². The van der Waals surface area contributed by atoms with Gasteiger partial charge in [0.05, 0.1) is 4.88 Å². The van der Waals surface area contributed by atoms with Crippen LogP contribution in [0.2, 0.25) is 0 Å². The third kappa shape index (κ3) is 4.60. The number of hydrogen-bond acceptors (Lipinski definition) is 4. The second kappa shape index (κ2) is 8.95. The van der Waals surface area contributed by atoms with Crippen LogP contribution in [0.5, 0.6) is 0 Å². The van der Waals surface area contributed by atoms with E-state index in [1.807, 2.05) is 4.90 Å². The van der Waals surface area contributed by atoms with Crippen LogP contribution in [0.3, 0.4) is 0 Å². The topological polar surface area (TPSA) is 52.7 Å². The number of piperidine rings is 1. The summed E-state index contributed by atoms with van der Waals surface area (Å²) in [6.45, 7) is 3.91. The Bertz CT molecular complexity index is 701. The highest BCUT2D eigenvalue weighted by Gasteiger charge is 2.30. The van der Waals surface area contributed by atoms with Gasteiger partial charge in [-0.25, -0.2) is 0 Å². The molecule has 2 amide bonds. The van der Waals surface area contributed by atoms with Gasteiger partial charge < -0.3 is 15.1 Å². The highest BCUT2D eigenvalue weighted by Crippen LogP contribution is 2.33. The van der Waals surface area contributed by atoms with Gasteiger partial charge in [0, 0.05) is 29.9 Å². The highest BCUT2D eigenvalue weighted by atomic mass is 32.1. The number of carbonyl (C=O) groups excluding carboxylic acids is 2. The number of nitrogens with zero attached hydrogens (tertiary/aromatic N) is 2. The van der Waals surface area contributed by atoms with E-state index in [0.717, 1.165) is 76.0 Å². The molecule has 28 heavy (non-hydrogen) atoms. The van der Waals surface area contributed by atoms with Gasteiger partial charge in [-0.2, -0.15) is 0 Å². The van der Waals surface area contributed by atoms with E-state index in [9.17, 15) is 9.59 Å². The van der Waals surface area contributed by atoms with Gasteiger partial charge in [0.25, 0.3) is 5.91 Å². The van der Waals surface area contributed by atoms with E-state index in [2.05, 4.69) is 23.3 Å². The van der Waals surface area contributed by atoms with Gasteiger partial charge in [0.2, 0.25) is 5.91 Å². The normalized spacial score (nSPS) is 24.5. The maximum Gasteiger partial charge on any atom is 0.263 e. The van der Waals surface area contributed by atoms with Crippen LogP contribution in [0.15, 0.2) is 6.07 Å². The van der Waals surface area contributed by atoms with Crippen molar-refractivity contribution in [1.82, 2.24) is 15.1 Å². The summed E-state index contributed by atoms with van der Waals surface area (Å²) in [6, 6.07) is 2.41. The van der Waals surface area contributed by atoms with Crippen LogP contribution in [-0.4, -0.2) is 60.9 Å². The van der Waals surface area contributed by atoms with Gasteiger partial charge in [-0.05, 0) is 76.7 Å². The Labute approximate surface area is 172 Å². The number of thiophene rings is 1. The molecular formula is C22H33N3O2S. The van der Waals surface area contributed by atoms with Gasteiger partial charge in [-0.1, -0.05) is 12.8 Å². The van der Waals surface area contributed by atoms with E-state index in [0.29, 0.717) is 6.04 Å². The maximum atomic E-state index is 12.9. The lowest BCUT2D eigenvalue weighted by Crippen LogP contribution is -2.46. The molecule has 0 spiro atoms. The van der Waals surface area contributed by atoms with E-state index < -0.39 is 0 Å². The first kappa shape index (κ1) is 19.9. The summed E-state index contributed by atoms with van der Waals surface area (Å²) in [4.78, 5) is 32.3. The Morgan fingerprint density at radius 1 is 1.04 bits per heavy atom. The van der Waals surface area contributed by atoms with Gasteiger partial charge in [0.15, 0.2) is 0 Å². The van der Waals surface area contributed by atoms with E-state index in [1.54, 1.807) is 11.3 Å². The van der Waals surface area contributed by atoms with Crippen LogP contribution in [0.1, 0.15) is 65.1 Å². The molecule has 5 nitrogen and oxygen atoms in total. The third-order valence-corrected chi connectivity index (χ3v) is 7.85. The Kier molecular flexibility index (Phi) is 6.36. The van der Waals surface area contributed by atoms with Crippen LogP contribution < -0.4 is 5.32 Å². The number of fused-ring (bicyclic) bond motifs is 1. The lowest BCUT2D eigenvalue weighted by Gasteiger charge is -2.31. The SMILES string of the molecule is CN1CCC(NC(=O)C2CCc3sc(C(=O)N4CCCCCC4)cc3C2)CC1. The van der Waals surface area contributed by atoms with Gasteiger partial charge in [-0.3, -0.25) is 9.59 Å². The molecule has 3 aliphatic rings. The van der Waals surface area contributed by atoms with Gasteiger partial charge in [0.1, 0.15) is 0 Å². The van der Waals surface area contributed by atoms with Crippen molar-refractivity contribution in [1.29, 1.82) is 0 Å². The molecule has 1 aromatic rings. The van der Waals surface area contributed by atoms with Crippen LogP contribution in [-0.2, 0) is 17.6 Å². The summed E-state index contributed by atoms with van der Waals surface area (Å²) in [7, 11) is 2.14. The molecule has 2 saturated heterocycles. The fourth-order valence-corrected chi connectivity index (χ4v) is 5.93. The monoisotopic (exact) mass is 403 g/mol. The Morgan fingerprint density at radius 2 is 1.75 bits per heavy atom. The van der Waals surface area contributed by atoms with Crippen LogP contribution in [0.25, 0.3) is 0 Å². The zero-order chi connectivity index (χ0) is 19.5. The largest absolute Gasteiger partial charge is 0.353 e. The molecule has 1 atom stereocenters.